The van der Waals surface area contributed by atoms with E-state index in [-0.39, 0.29) is 6.61 Å². The van der Waals surface area contributed by atoms with E-state index >= 15 is 0 Å². The lowest BCUT2D eigenvalue weighted by Gasteiger charge is -2.43. The van der Waals surface area contributed by atoms with E-state index in [1.54, 1.807) is 0 Å². The van der Waals surface area contributed by atoms with Gasteiger partial charge in [-0.1, -0.05) is 25.7 Å². The smallest absolute Gasteiger partial charge is 0.0880 e. The van der Waals surface area contributed by atoms with Crippen molar-refractivity contribution in [3.8, 4) is 0 Å². The zero-order chi connectivity index (χ0) is 9.31. The quantitative estimate of drug-likeness (QED) is 0.651. The number of hydrogen-bond acceptors (Lipinski definition) is 2. The summed E-state index contributed by atoms with van der Waals surface area (Å²) in [5.74, 6) is 1.54. The van der Waals surface area contributed by atoms with Crippen LogP contribution in [0.1, 0.15) is 44.9 Å². The molecule has 2 aliphatic carbocycles. The third kappa shape index (κ3) is 1.89. The van der Waals surface area contributed by atoms with Crippen LogP contribution in [0.25, 0.3) is 0 Å². The SMILES string of the molecule is OCC1(O)CC[C@H]2CCCCC2C1. The molecule has 0 saturated heterocycles. The summed E-state index contributed by atoms with van der Waals surface area (Å²) in [7, 11) is 0. The number of aliphatic hydroxyl groups is 2. The number of rotatable bonds is 1. The predicted molar refractivity (Wildman–Crippen MR) is 51.3 cm³/mol. The van der Waals surface area contributed by atoms with E-state index in [2.05, 4.69) is 0 Å². The molecule has 0 bridgehead atoms. The van der Waals surface area contributed by atoms with Gasteiger partial charge in [0.15, 0.2) is 0 Å². The lowest BCUT2D eigenvalue weighted by atomic mass is 9.66. The second-order valence-corrected chi connectivity index (χ2v) is 4.93. The van der Waals surface area contributed by atoms with Gasteiger partial charge in [-0.3, -0.25) is 0 Å². The third-order valence-electron chi connectivity index (χ3n) is 3.98. The molecule has 2 fully saturated rings. The van der Waals surface area contributed by atoms with Crippen molar-refractivity contribution >= 4 is 0 Å². The van der Waals surface area contributed by atoms with Crippen LogP contribution in [0.4, 0.5) is 0 Å². The maximum absolute atomic E-state index is 9.97. The van der Waals surface area contributed by atoms with E-state index in [0.29, 0.717) is 5.92 Å². The Labute approximate surface area is 80.0 Å². The third-order valence-corrected chi connectivity index (χ3v) is 3.98. The van der Waals surface area contributed by atoms with Crippen molar-refractivity contribution in [1.82, 2.24) is 0 Å². The Hall–Kier alpha value is -0.0800. The van der Waals surface area contributed by atoms with Crippen molar-refractivity contribution in [1.29, 1.82) is 0 Å². The van der Waals surface area contributed by atoms with Gasteiger partial charge in [-0.25, -0.2) is 0 Å². The van der Waals surface area contributed by atoms with Gasteiger partial charge >= 0.3 is 0 Å². The van der Waals surface area contributed by atoms with Crippen molar-refractivity contribution in [2.75, 3.05) is 6.61 Å². The highest BCUT2D eigenvalue weighted by atomic mass is 16.3. The van der Waals surface area contributed by atoms with Gasteiger partial charge in [-0.05, 0) is 31.1 Å². The molecular weight excluding hydrogens is 164 g/mol. The Kier molecular flexibility index (Phi) is 2.61. The summed E-state index contributed by atoms with van der Waals surface area (Å²) in [5, 5.41) is 19.1. The first-order valence-corrected chi connectivity index (χ1v) is 5.57. The molecule has 2 saturated carbocycles. The Morgan fingerprint density at radius 2 is 1.77 bits per heavy atom. The van der Waals surface area contributed by atoms with E-state index in [0.717, 1.165) is 25.2 Å². The standard InChI is InChI=1S/C11H20O2/c12-8-11(13)6-5-9-3-1-2-4-10(9)7-11/h9-10,12-13H,1-8H2/t9-,10?,11?/m1/s1. The molecule has 2 N–H and O–H groups in total. The lowest BCUT2D eigenvalue weighted by molar-refractivity contribution is -0.0782. The van der Waals surface area contributed by atoms with Crippen LogP contribution in [0.15, 0.2) is 0 Å². The number of hydrogen-bond donors (Lipinski definition) is 2. The van der Waals surface area contributed by atoms with Crippen LogP contribution in [-0.4, -0.2) is 22.4 Å². The Morgan fingerprint density at radius 1 is 1.08 bits per heavy atom. The Morgan fingerprint density at radius 3 is 2.46 bits per heavy atom. The average Bonchev–Trinajstić information content (AvgIpc) is 2.18. The van der Waals surface area contributed by atoms with Gasteiger partial charge in [0.05, 0.1) is 12.2 Å². The van der Waals surface area contributed by atoms with Crippen LogP contribution in [0.2, 0.25) is 0 Å². The molecule has 3 atom stereocenters. The molecular formula is C11H20O2. The Bertz CT molecular complexity index is 181. The van der Waals surface area contributed by atoms with Crippen molar-refractivity contribution in [2.24, 2.45) is 11.8 Å². The van der Waals surface area contributed by atoms with Crippen LogP contribution in [0.3, 0.4) is 0 Å². The summed E-state index contributed by atoms with van der Waals surface area (Å²) >= 11 is 0. The fourth-order valence-corrected chi connectivity index (χ4v) is 3.12. The van der Waals surface area contributed by atoms with E-state index in [1.165, 1.54) is 25.7 Å². The first kappa shape index (κ1) is 9.47. The highest BCUT2D eigenvalue weighted by Crippen LogP contribution is 2.43. The molecule has 13 heavy (non-hydrogen) atoms. The zero-order valence-corrected chi connectivity index (χ0v) is 8.21. The van der Waals surface area contributed by atoms with Crippen molar-refractivity contribution in [2.45, 2.75) is 50.5 Å². The van der Waals surface area contributed by atoms with Gasteiger partial charge in [-0.2, -0.15) is 0 Å². The molecule has 0 aromatic heterocycles. The molecule has 0 spiro atoms. The predicted octanol–water partition coefficient (Wildman–Crippen LogP) is 1.70. The summed E-state index contributed by atoms with van der Waals surface area (Å²) in [4.78, 5) is 0. The summed E-state index contributed by atoms with van der Waals surface area (Å²) in [6.45, 7) is -0.0454. The fraction of sp³-hybridized carbons (Fsp3) is 1.00. The first-order chi connectivity index (χ1) is 6.23. The molecule has 2 heteroatoms. The summed E-state index contributed by atoms with van der Waals surface area (Å²) in [6.07, 6.45) is 8.10. The van der Waals surface area contributed by atoms with E-state index in [9.17, 15) is 5.11 Å². The molecule has 2 unspecified atom stereocenters. The minimum atomic E-state index is -0.738. The molecule has 0 heterocycles. The monoisotopic (exact) mass is 184 g/mol. The van der Waals surface area contributed by atoms with Gasteiger partial charge in [-0.15, -0.1) is 0 Å². The fourth-order valence-electron chi connectivity index (χ4n) is 3.12. The molecule has 0 aromatic carbocycles. The lowest BCUT2D eigenvalue weighted by Crippen LogP contribution is -2.43. The van der Waals surface area contributed by atoms with Gasteiger partial charge < -0.3 is 10.2 Å². The molecule has 2 aliphatic rings. The van der Waals surface area contributed by atoms with Crippen LogP contribution in [0.5, 0.6) is 0 Å². The van der Waals surface area contributed by atoms with E-state index in [1.807, 2.05) is 0 Å². The number of aliphatic hydroxyl groups excluding tert-OH is 1. The van der Waals surface area contributed by atoms with Crippen LogP contribution in [0, 0.1) is 11.8 Å². The molecule has 0 radical (unpaired) electrons. The highest BCUT2D eigenvalue weighted by molar-refractivity contribution is 4.91. The first-order valence-electron chi connectivity index (χ1n) is 5.57. The molecule has 0 aliphatic heterocycles. The molecule has 2 nitrogen and oxygen atoms in total. The van der Waals surface area contributed by atoms with Gasteiger partial charge in [0.1, 0.15) is 0 Å². The molecule has 0 aromatic rings. The van der Waals surface area contributed by atoms with E-state index < -0.39 is 5.60 Å². The van der Waals surface area contributed by atoms with Gasteiger partial charge in [0.25, 0.3) is 0 Å². The second-order valence-electron chi connectivity index (χ2n) is 4.93. The number of fused-ring (bicyclic) bond motifs is 1. The van der Waals surface area contributed by atoms with Crippen LogP contribution in [-0.2, 0) is 0 Å². The zero-order valence-electron chi connectivity index (χ0n) is 8.21. The second kappa shape index (κ2) is 3.58. The van der Waals surface area contributed by atoms with Crippen molar-refractivity contribution < 1.29 is 10.2 Å². The summed E-state index contributed by atoms with van der Waals surface area (Å²) in [6, 6.07) is 0. The minimum absolute atomic E-state index is 0.0454. The average molecular weight is 184 g/mol. The van der Waals surface area contributed by atoms with Gasteiger partial charge in [0, 0.05) is 0 Å². The van der Waals surface area contributed by atoms with E-state index in [4.69, 9.17) is 5.11 Å². The summed E-state index contributed by atoms with van der Waals surface area (Å²) < 4.78 is 0. The molecule has 76 valence electrons. The maximum atomic E-state index is 9.97. The van der Waals surface area contributed by atoms with Crippen LogP contribution < -0.4 is 0 Å². The highest BCUT2D eigenvalue weighted by Gasteiger charge is 2.39. The summed E-state index contributed by atoms with van der Waals surface area (Å²) in [5.41, 5.74) is -0.738. The Balaban J connectivity index is 1.98. The maximum Gasteiger partial charge on any atom is 0.0880 e. The largest absolute Gasteiger partial charge is 0.393 e. The normalized spacial score (nSPS) is 45.7. The minimum Gasteiger partial charge on any atom is -0.393 e. The van der Waals surface area contributed by atoms with Crippen molar-refractivity contribution in [3.05, 3.63) is 0 Å². The molecule has 0 amide bonds. The molecule has 2 rings (SSSR count). The van der Waals surface area contributed by atoms with Crippen molar-refractivity contribution in [3.63, 3.8) is 0 Å². The van der Waals surface area contributed by atoms with Crippen LogP contribution >= 0.6 is 0 Å². The topological polar surface area (TPSA) is 40.5 Å². The van der Waals surface area contributed by atoms with Gasteiger partial charge in [0.2, 0.25) is 0 Å².